The number of likely N-dealkylation sites (N-methyl/N-ethyl adjacent to an activating group) is 1. The second kappa shape index (κ2) is 9.53. The standard InChI is InChI=1S/C20H35N3O4/c1-14(2)12-20(13-17(24)22-27)9-10-23(19(20)26)16(18(25)21-3)11-15-7-5-4-6-8-15/h14-16,27H,4-13H2,1-3H3,(H,21,25)(H,22,24)/t16-,20+/m0/s1. The number of likely N-dealkylation sites (tertiary alicyclic amines) is 1. The van der Waals surface area contributed by atoms with E-state index in [1.54, 1.807) is 17.4 Å². The van der Waals surface area contributed by atoms with Crippen LogP contribution in [0.5, 0.6) is 0 Å². The normalized spacial score (nSPS) is 24.9. The van der Waals surface area contributed by atoms with Gasteiger partial charge in [-0.3, -0.25) is 19.6 Å². The zero-order valence-corrected chi connectivity index (χ0v) is 16.9. The number of carbonyl (C=O) groups excluding carboxylic acids is 3. The number of hydroxylamine groups is 1. The van der Waals surface area contributed by atoms with E-state index in [1.807, 2.05) is 13.8 Å². The Morgan fingerprint density at radius 2 is 1.93 bits per heavy atom. The smallest absolute Gasteiger partial charge is 0.244 e. The molecule has 0 aromatic carbocycles. The minimum absolute atomic E-state index is 0.0408. The molecule has 0 aromatic heterocycles. The second-order valence-corrected chi connectivity index (χ2v) is 8.71. The molecule has 7 heteroatoms. The van der Waals surface area contributed by atoms with Crippen LogP contribution in [-0.4, -0.2) is 47.5 Å². The molecule has 0 aromatic rings. The fourth-order valence-corrected chi connectivity index (χ4v) is 4.98. The lowest BCUT2D eigenvalue weighted by atomic mass is 9.75. The quantitative estimate of drug-likeness (QED) is 0.443. The van der Waals surface area contributed by atoms with Crippen LogP contribution >= 0.6 is 0 Å². The molecule has 1 aliphatic heterocycles. The third-order valence-electron chi connectivity index (χ3n) is 6.18. The highest BCUT2D eigenvalue weighted by atomic mass is 16.5. The van der Waals surface area contributed by atoms with Gasteiger partial charge in [-0.1, -0.05) is 46.0 Å². The van der Waals surface area contributed by atoms with Gasteiger partial charge in [0.25, 0.3) is 0 Å². The van der Waals surface area contributed by atoms with Gasteiger partial charge >= 0.3 is 0 Å². The predicted octanol–water partition coefficient (Wildman–Crippen LogP) is 2.23. The molecule has 1 saturated heterocycles. The second-order valence-electron chi connectivity index (χ2n) is 8.71. The average molecular weight is 382 g/mol. The Bertz CT molecular complexity index is 545. The zero-order valence-electron chi connectivity index (χ0n) is 16.9. The summed E-state index contributed by atoms with van der Waals surface area (Å²) >= 11 is 0. The number of rotatable bonds is 8. The summed E-state index contributed by atoms with van der Waals surface area (Å²) in [6.07, 6.45) is 7.60. The minimum Gasteiger partial charge on any atom is -0.357 e. The molecule has 2 rings (SSSR count). The van der Waals surface area contributed by atoms with Crippen LogP contribution in [0.4, 0.5) is 0 Å². The van der Waals surface area contributed by atoms with Crippen molar-refractivity contribution in [3.05, 3.63) is 0 Å². The Labute approximate surface area is 162 Å². The van der Waals surface area contributed by atoms with Gasteiger partial charge in [0.2, 0.25) is 17.7 Å². The van der Waals surface area contributed by atoms with E-state index in [-0.39, 0.29) is 24.2 Å². The first kappa shape index (κ1) is 21.7. The van der Waals surface area contributed by atoms with Gasteiger partial charge in [-0.15, -0.1) is 0 Å². The van der Waals surface area contributed by atoms with Gasteiger partial charge in [0.15, 0.2) is 0 Å². The third kappa shape index (κ3) is 5.21. The molecule has 0 radical (unpaired) electrons. The van der Waals surface area contributed by atoms with Crippen LogP contribution in [0.2, 0.25) is 0 Å². The van der Waals surface area contributed by atoms with Crippen molar-refractivity contribution in [1.82, 2.24) is 15.7 Å². The van der Waals surface area contributed by atoms with E-state index in [9.17, 15) is 14.4 Å². The molecule has 2 aliphatic rings. The summed E-state index contributed by atoms with van der Waals surface area (Å²) in [5.74, 6) is -0.0911. The van der Waals surface area contributed by atoms with E-state index in [2.05, 4.69) is 5.32 Å². The first-order chi connectivity index (χ1) is 12.8. The predicted molar refractivity (Wildman–Crippen MR) is 102 cm³/mol. The topological polar surface area (TPSA) is 98.7 Å². The van der Waals surface area contributed by atoms with Crippen LogP contribution in [-0.2, 0) is 14.4 Å². The number of carbonyl (C=O) groups is 3. The largest absolute Gasteiger partial charge is 0.357 e. The maximum Gasteiger partial charge on any atom is 0.244 e. The van der Waals surface area contributed by atoms with Crippen molar-refractivity contribution in [2.24, 2.45) is 17.3 Å². The summed E-state index contributed by atoms with van der Waals surface area (Å²) in [5, 5.41) is 11.7. The summed E-state index contributed by atoms with van der Waals surface area (Å²) in [5.41, 5.74) is 0.832. The van der Waals surface area contributed by atoms with E-state index in [1.165, 1.54) is 19.3 Å². The highest BCUT2D eigenvalue weighted by Gasteiger charge is 2.51. The Kier molecular flexibility index (Phi) is 7.65. The van der Waals surface area contributed by atoms with Gasteiger partial charge in [0, 0.05) is 20.0 Å². The van der Waals surface area contributed by atoms with E-state index in [4.69, 9.17) is 5.21 Å². The summed E-state index contributed by atoms with van der Waals surface area (Å²) < 4.78 is 0. The van der Waals surface area contributed by atoms with Gasteiger partial charge in [-0.05, 0) is 31.1 Å². The molecular weight excluding hydrogens is 346 g/mol. The van der Waals surface area contributed by atoms with E-state index in [0.717, 1.165) is 12.8 Å². The van der Waals surface area contributed by atoms with Gasteiger partial charge < -0.3 is 10.2 Å². The highest BCUT2D eigenvalue weighted by Crippen LogP contribution is 2.43. The molecule has 3 N–H and O–H groups in total. The number of nitrogens with zero attached hydrogens (tertiary/aromatic N) is 1. The van der Waals surface area contributed by atoms with Gasteiger partial charge in [-0.25, -0.2) is 5.48 Å². The van der Waals surface area contributed by atoms with Crippen LogP contribution in [0.15, 0.2) is 0 Å². The monoisotopic (exact) mass is 381 g/mol. The van der Waals surface area contributed by atoms with Crippen molar-refractivity contribution >= 4 is 17.7 Å². The van der Waals surface area contributed by atoms with Crippen LogP contribution < -0.4 is 10.8 Å². The molecule has 1 aliphatic carbocycles. The summed E-state index contributed by atoms with van der Waals surface area (Å²) in [4.78, 5) is 39.6. The van der Waals surface area contributed by atoms with Crippen molar-refractivity contribution in [3.63, 3.8) is 0 Å². The van der Waals surface area contributed by atoms with Crippen molar-refractivity contribution in [2.75, 3.05) is 13.6 Å². The molecular formula is C20H35N3O4. The number of hydrogen-bond donors (Lipinski definition) is 3. The Hall–Kier alpha value is -1.63. The lowest BCUT2D eigenvalue weighted by Gasteiger charge is -2.34. The van der Waals surface area contributed by atoms with E-state index >= 15 is 0 Å². The van der Waals surface area contributed by atoms with Gasteiger partial charge in [0.05, 0.1) is 5.41 Å². The van der Waals surface area contributed by atoms with E-state index < -0.39 is 17.4 Å². The molecule has 0 unspecified atom stereocenters. The van der Waals surface area contributed by atoms with Crippen LogP contribution in [0.25, 0.3) is 0 Å². The van der Waals surface area contributed by atoms with Crippen molar-refractivity contribution < 1.29 is 19.6 Å². The highest BCUT2D eigenvalue weighted by molar-refractivity contribution is 5.94. The summed E-state index contributed by atoms with van der Waals surface area (Å²) in [6, 6.07) is -0.475. The van der Waals surface area contributed by atoms with Gasteiger partial charge in [-0.2, -0.15) is 0 Å². The summed E-state index contributed by atoms with van der Waals surface area (Å²) in [7, 11) is 1.61. The molecule has 1 saturated carbocycles. The first-order valence-electron chi connectivity index (χ1n) is 10.3. The summed E-state index contributed by atoms with van der Waals surface area (Å²) in [6.45, 7) is 4.52. The molecule has 154 valence electrons. The maximum atomic E-state index is 13.4. The first-order valence-corrected chi connectivity index (χ1v) is 10.3. The third-order valence-corrected chi connectivity index (χ3v) is 6.18. The fraction of sp³-hybridized carbons (Fsp3) is 0.850. The lowest BCUT2D eigenvalue weighted by Crippen LogP contribution is -2.50. The Balaban J connectivity index is 2.21. The van der Waals surface area contributed by atoms with Crippen LogP contribution in [0, 0.1) is 17.3 Å². The van der Waals surface area contributed by atoms with E-state index in [0.29, 0.717) is 31.7 Å². The van der Waals surface area contributed by atoms with Crippen molar-refractivity contribution in [3.8, 4) is 0 Å². The minimum atomic E-state index is -0.834. The maximum absolute atomic E-state index is 13.4. The number of hydrogen-bond acceptors (Lipinski definition) is 4. The average Bonchev–Trinajstić information content (AvgIpc) is 2.95. The van der Waals surface area contributed by atoms with Crippen LogP contribution in [0.1, 0.15) is 71.6 Å². The fourth-order valence-electron chi connectivity index (χ4n) is 4.98. The van der Waals surface area contributed by atoms with Gasteiger partial charge in [0.1, 0.15) is 6.04 Å². The molecule has 7 nitrogen and oxygen atoms in total. The zero-order chi connectivity index (χ0) is 20.0. The van der Waals surface area contributed by atoms with Crippen LogP contribution in [0.3, 0.4) is 0 Å². The number of amides is 3. The molecule has 1 heterocycles. The van der Waals surface area contributed by atoms with Crippen molar-refractivity contribution in [2.45, 2.75) is 77.7 Å². The SMILES string of the molecule is CNC(=O)[C@H](CC1CCCCC1)N1CC[C@](CC(=O)NO)(CC(C)C)C1=O. The molecule has 0 bridgehead atoms. The molecule has 27 heavy (non-hydrogen) atoms. The lowest BCUT2D eigenvalue weighted by molar-refractivity contribution is -0.147. The molecule has 0 spiro atoms. The Morgan fingerprint density at radius 3 is 2.48 bits per heavy atom. The molecule has 3 amide bonds. The van der Waals surface area contributed by atoms with Crippen molar-refractivity contribution in [1.29, 1.82) is 0 Å². The Morgan fingerprint density at radius 1 is 1.26 bits per heavy atom. The number of nitrogens with one attached hydrogen (secondary N) is 2. The molecule has 2 atom stereocenters. The molecule has 2 fully saturated rings.